The third kappa shape index (κ3) is 8.09. The molecule has 2 aromatic carbocycles. The maximum atomic E-state index is 12.6. The van der Waals surface area contributed by atoms with Crippen molar-refractivity contribution in [2.75, 3.05) is 6.54 Å². The number of nitro benzene ring substituents is 1. The van der Waals surface area contributed by atoms with Crippen LogP contribution in [0.25, 0.3) is 6.08 Å². The average Bonchev–Trinajstić information content (AvgIpc) is 2.76. The lowest BCUT2D eigenvalue weighted by atomic mass is 10.1. The van der Waals surface area contributed by atoms with Crippen LogP contribution < -0.4 is 10.6 Å². The molecule has 2 amide bonds. The third-order valence-corrected chi connectivity index (χ3v) is 4.30. The number of nitrogens with zero attached hydrogens (tertiary/aromatic N) is 1. The van der Waals surface area contributed by atoms with E-state index in [1.807, 2.05) is 0 Å². The van der Waals surface area contributed by atoms with E-state index in [1.54, 1.807) is 30.3 Å². The molecule has 0 spiro atoms. The number of rotatable bonds is 11. The van der Waals surface area contributed by atoms with Gasteiger partial charge in [0.05, 0.1) is 4.92 Å². The van der Waals surface area contributed by atoms with Gasteiger partial charge < -0.3 is 15.7 Å². The van der Waals surface area contributed by atoms with Gasteiger partial charge in [-0.2, -0.15) is 0 Å². The fourth-order valence-electron chi connectivity index (χ4n) is 2.68. The summed E-state index contributed by atoms with van der Waals surface area (Å²) in [5.74, 6) is -1.84. The molecule has 0 fully saturated rings. The minimum atomic E-state index is -0.860. The van der Waals surface area contributed by atoms with E-state index in [9.17, 15) is 24.5 Å². The number of hydrogen-bond acceptors (Lipinski definition) is 5. The van der Waals surface area contributed by atoms with Crippen LogP contribution in [-0.4, -0.2) is 34.4 Å². The summed E-state index contributed by atoms with van der Waals surface area (Å²) in [7, 11) is 0. The standard InChI is InChI=1S/C22H23N3O6/c26-20(27)9-5-2-6-14-23-22(29)19(24-21(28)17-7-3-1-4-8-17)15-16-10-12-18(13-11-16)25(30)31/h1,3-4,7-8,10-13,15H,2,5-6,9,14H2,(H,23,29)(H,24,28)(H,26,27). The molecule has 0 saturated heterocycles. The lowest BCUT2D eigenvalue weighted by Gasteiger charge is -2.11. The van der Waals surface area contributed by atoms with Crippen molar-refractivity contribution in [3.05, 3.63) is 81.5 Å². The summed E-state index contributed by atoms with van der Waals surface area (Å²) < 4.78 is 0. The minimum Gasteiger partial charge on any atom is -0.481 e. The summed E-state index contributed by atoms with van der Waals surface area (Å²) in [6, 6.07) is 14.0. The number of amides is 2. The molecule has 0 atom stereocenters. The van der Waals surface area contributed by atoms with E-state index in [0.29, 0.717) is 36.9 Å². The average molecular weight is 425 g/mol. The van der Waals surface area contributed by atoms with Gasteiger partial charge in [0.2, 0.25) is 0 Å². The number of carboxylic acid groups (broad SMARTS) is 1. The molecule has 0 aliphatic carbocycles. The minimum absolute atomic E-state index is 0.00626. The van der Waals surface area contributed by atoms with E-state index in [4.69, 9.17) is 5.11 Å². The summed E-state index contributed by atoms with van der Waals surface area (Å²) >= 11 is 0. The number of nitrogens with one attached hydrogen (secondary N) is 2. The Labute approximate surface area is 178 Å². The maximum absolute atomic E-state index is 12.6. The molecule has 0 aromatic heterocycles. The van der Waals surface area contributed by atoms with Crippen molar-refractivity contribution < 1.29 is 24.4 Å². The van der Waals surface area contributed by atoms with Gasteiger partial charge in [0, 0.05) is 30.7 Å². The second-order valence-corrected chi connectivity index (χ2v) is 6.69. The Hall–Kier alpha value is -4.01. The Morgan fingerprint density at radius 1 is 0.968 bits per heavy atom. The first-order valence-corrected chi connectivity index (χ1v) is 9.69. The van der Waals surface area contributed by atoms with Crippen LogP contribution in [0.3, 0.4) is 0 Å². The molecule has 0 radical (unpaired) electrons. The summed E-state index contributed by atoms with van der Waals surface area (Å²) in [6.45, 7) is 0.317. The zero-order valence-corrected chi connectivity index (χ0v) is 16.7. The normalized spacial score (nSPS) is 10.9. The van der Waals surface area contributed by atoms with Crippen LogP contribution in [0.2, 0.25) is 0 Å². The summed E-state index contributed by atoms with van der Waals surface area (Å²) in [6.07, 6.45) is 3.26. The van der Waals surface area contributed by atoms with E-state index in [2.05, 4.69) is 10.6 Å². The van der Waals surface area contributed by atoms with Crippen LogP contribution in [0.15, 0.2) is 60.3 Å². The molecular formula is C22H23N3O6. The molecule has 0 saturated carbocycles. The van der Waals surface area contributed by atoms with Crippen LogP contribution in [0.5, 0.6) is 0 Å². The third-order valence-electron chi connectivity index (χ3n) is 4.30. The van der Waals surface area contributed by atoms with E-state index < -0.39 is 22.7 Å². The first-order chi connectivity index (χ1) is 14.9. The molecule has 9 heteroatoms. The fraction of sp³-hybridized carbons (Fsp3) is 0.227. The Kier molecular flexibility index (Phi) is 8.90. The van der Waals surface area contributed by atoms with Gasteiger partial charge >= 0.3 is 5.97 Å². The van der Waals surface area contributed by atoms with E-state index >= 15 is 0 Å². The highest BCUT2D eigenvalue weighted by molar-refractivity contribution is 6.05. The van der Waals surface area contributed by atoms with Gasteiger partial charge in [-0.15, -0.1) is 0 Å². The SMILES string of the molecule is O=C(O)CCCCCNC(=O)C(=Cc1ccc([N+](=O)[O-])cc1)NC(=O)c1ccccc1. The van der Waals surface area contributed by atoms with Crippen LogP contribution in [0.4, 0.5) is 5.69 Å². The lowest BCUT2D eigenvalue weighted by molar-refractivity contribution is -0.384. The van der Waals surface area contributed by atoms with E-state index in [-0.39, 0.29) is 17.8 Å². The molecule has 2 rings (SSSR count). The van der Waals surface area contributed by atoms with Crippen molar-refractivity contribution in [2.45, 2.75) is 25.7 Å². The summed E-state index contributed by atoms with van der Waals surface area (Å²) in [5.41, 5.74) is 0.787. The molecule has 3 N–H and O–H groups in total. The van der Waals surface area contributed by atoms with Crippen molar-refractivity contribution in [3.8, 4) is 0 Å². The van der Waals surface area contributed by atoms with Crippen LogP contribution >= 0.6 is 0 Å². The maximum Gasteiger partial charge on any atom is 0.303 e. The van der Waals surface area contributed by atoms with Crippen LogP contribution in [0, 0.1) is 10.1 Å². The largest absolute Gasteiger partial charge is 0.481 e. The Morgan fingerprint density at radius 3 is 2.26 bits per heavy atom. The number of nitro groups is 1. The number of unbranched alkanes of at least 4 members (excludes halogenated alkanes) is 2. The van der Waals surface area contributed by atoms with Crippen molar-refractivity contribution in [1.82, 2.24) is 10.6 Å². The molecular weight excluding hydrogens is 402 g/mol. The Balaban J connectivity index is 2.09. The van der Waals surface area contributed by atoms with E-state index in [0.717, 1.165) is 0 Å². The van der Waals surface area contributed by atoms with Crippen molar-refractivity contribution in [1.29, 1.82) is 0 Å². The number of carboxylic acids is 1. The second kappa shape index (κ2) is 11.9. The first-order valence-electron chi connectivity index (χ1n) is 9.69. The number of non-ortho nitro benzene ring substituents is 1. The second-order valence-electron chi connectivity index (χ2n) is 6.69. The zero-order chi connectivity index (χ0) is 22.6. The van der Waals surface area contributed by atoms with Gasteiger partial charge in [-0.25, -0.2) is 0 Å². The monoisotopic (exact) mass is 425 g/mol. The molecule has 9 nitrogen and oxygen atoms in total. The Bertz CT molecular complexity index is 955. The van der Waals surface area contributed by atoms with Gasteiger partial charge in [-0.3, -0.25) is 24.5 Å². The first kappa shape index (κ1) is 23.3. The predicted molar refractivity (Wildman–Crippen MR) is 114 cm³/mol. The molecule has 0 heterocycles. The van der Waals surface area contributed by atoms with Crippen LogP contribution in [0.1, 0.15) is 41.6 Å². The fourth-order valence-corrected chi connectivity index (χ4v) is 2.68. The van der Waals surface area contributed by atoms with Crippen molar-refractivity contribution in [2.24, 2.45) is 0 Å². The van der Waals surface area contributed by atoms with Crippen molar-refractivity contribution in [3.63, 3.8) is 0 Å². The molecule has 0 bridgehead atoms. The predicted octanol–water partition coefficient (Wildman–Crippen LogP) is 3.13. The number of carbonyl (C=O) groups is 3. The van der Waals surface area contributed by atoms with Gasteiger partial charge in [-0.05, 0) is 48.7 Å². The van der Waals surface area contributed by atoms with Gasteiger partial charge in [0.25, 0.3) is 17.5 Å². The lowest BCUT2D eigenvalue weighted by Crippen LogP contribution is -2.35. The smallest absolute Gasteiger partial charge is 0.303 e. The van der Waals surface area contributed by atoms with Gasteiger partial charge in [0.1, 0.15) is 5.70 Å². The zero-order valence-electron chi connectivity index (χ0n) is 16.7. The quantitative estimate of drug-likeness (QED) is 0.219. The highest BCUT2D eigenvalue weighted by atomic mass is 16.6. The summed E-state index contributed by atoms with van der Waals surface area (Å²) in [5, 5.41) is 24.7. The topological polar surface area (TPSA) is 139 Å². The van der Waals surface area contributed by atoms with E-state index in [1.165, 1.54) is 30.3 Å². The Morgan fingerprint density at radius 2 is 1.65 bits per heavy atom. The number of carbonyl (C=O) groups excluding carboxylic acids is 2. The summed E-state index contributed by atoms with van der Waals surface area (Å²) in [4.78, 5) is 45.9. The highest BCUT2D eigenvalue weighted by Gasteiger charge is 2.14. The van der Waals surface area contributed by atoms with Gasteiger partial charge in [-0.1, -0.05) is 24.6 Å². The molecule has 0 aliphatic rings. The molecule has 0 unspecified atom stereocenters. The van der Waals surface area contributed by atoms with Crippen molar-refractivity contribution >= 4 is 29.5 Å². The molecule has 162 valence electrons. The highest BCUT2D eigenvalue weighted by Crippen LogP contribution is 2.14. The van der Waals surface area contributed by atoms with Gasteiger partial charge in [0.15, 0.2) is 0 Å². The molecule has 0 aliphatic heterocycles. The number of hydrogen-bond donors (Lipinski definition) is 3. The number of benzene rings is 2. The number of aliphatic carboxylic acids is 1. The van der Waals surface area contributed by atoms with Crippen LogP contribution in [-0.2, 0) is 9.59 Å². The molecule has 2 aromatic rings. The molecule has 31 heavy (non-hydrogen) atoms.